The molecule has 3 heteroatoms. The van der Waals surface area contributed by atoms with Crippen LogP contribution in [0.25, 0.3) is 0 Å². The Morgan fingerprint density at radius 2 is 1.80 bits per heavy atom. The molecule has 1 aromatic carbocycles. The van der Waals surface area contributed by atoms with E-state index in [1.165, 1.54) is 12.1 Å². The summed E-state index contributed by atoms with van der Waals surface area (Å²) in [6, 6.07) is 6.36. The fraction of sp³-hybridized carbons (Fsp3) is 0.417. The molecule has 1 aromatic rings. The lowest BCUT2D eigenvalue weighted by Gasteiger charge is -2.13. The van der Waals surface area contributed by atoms with Crippen molar-refractivity contribution in [2.45, 2.75) is 26.4 Å². The number of rotatable bonds is 4. The number of hydrogen-bond donors (Lipinski definition) is 2. The number of carboxylic acids is 1. The van der Waals surface area contributed by atoms with Gasteiger partial charge in [0.15, 0.2) is 0 Å². The summed E-state index contributed by atoms with van der Waals surface area (Å²) < 4.78 is 0. The van der Waals surface area contributed by atoms with Crippen molar-refractivity contribution in [3.63, 3.8) is 0 Å². The lowest BCUT2D eigenvalue weighted by molar-refractivity contribution is 0.0696. The molecule has 1 rings (SSSR count). The maximum absolute atomic E-state index is 10.6. The first kappa shape index (κ1) is 11.7. The molecule has 82 valence electrons. The Kier molecular flexibility index (Phi) is 3.86. The van der Waals surface area contributed by atoms with Gasteiger partial charge < -0.3 is 10.2 Å². The maximum Gasteiger partial charge on any atom is 0.335 e. The van der Waals surface area contributed by atoms with E-state index in [0.717, 1.165) is 5.56 Å². The second-order valence-electron chi connectivity index (χ2n) is 4.07. The zero-order valence-electron chi connectivity index (χ0n) is 8.97. The zero-order valence-corrected chi connectivity index (χ0v) is 8.97. The molecule has 0 bridgehead atoms. The predicted molar refractivity (Wildman–Crippen MR) is 57.8 cm³/mol. The van der Waals surface area contributed by atoms with Crippen molar-refractivity contribution >= 4 is 5.97 Å². The van der Waals surface area contributed by atoms with Crippen molar-refractivity contribution in [1.82, 2.24) is 0 Å². The number of carboxylic acid groups (broad SMARTS) is 1. The van der Waals surface area contributed by atoms with Gasteiger partial charge in [0.25, 0.3) is 0 Å². The minimum Gasteiger partial charge on any atom is -0.478 e. The average Bonchev–Trinajstić information content (AvgIpc) is 2.17. The molecule has 3 nitrogen and oxygen atoms in total. The molecule has 0 aromatic heterocycles. The highest BCUT2D eigenvalue weighted by Crippen LogP contribution is 2.21. The Hall–Kier alpha value is -1.35. The van der Waals surface area contributed by atoms with Crippen LogP contribution in [0.2, 0.25) is 0 Å². The van der Waals surface area contributed by atoms with Crippen molar-refractivity contribution in [3.05, 3.63) is 35.4 Å². The van der Waals surface area contributed by atoms with E-state index >= 15 is 0 Å². The molecular weight excluding hydrogens is 192 g/mol. The second-order valence-corrected chi connectivity index (χ2v) is 4.07. The summed E-state index contributed by atoms with van der Waals surface area (Å²) in [5.41, 5.74) is 1.02. The molecule has 0 saturated carbocycles. The SMILES string of the molecule is CC(C)C[C@@H](O)c1ccc(C(=O)O)cc1. The fourth-order valence-electron chi connectivity index (χ4n) is 1.43. The first-order valence-electron chi connectivity index (χ1n) is 5.02. The lowest BCUT2D eigenvalue weighted by atomic mass is 9.99. The van der Waals surface area contributed by atoms with Gasteiger partial charge >= 0.3 is 5.97 Å². The van der Waals surface area contributed by atoms with E-state index < -0.39 is 12.1 Å². The topological polar surface area (TPSA) is 57.5 Å². The van der Waals surface area contributed by atoms with Gasteiger partial charge in [0.05, 0.1) is 11.7 Å². The number of aromatic carboxylic acids is 1. The lowest BCUT2D eigenvalue weighted by Crippen LogP contribution is -2.03. The summed E-state index contributed by atoms with van der Waals surface area (Å²) in [6.45, 7) is 4.07. The van der Waals surface area contributed by atoms with Crippen LogP contribution in [0.5, 0.6) is 0 Å². The van der Waals surface area contributed by atoms with E-state index in [0.29, 0.717) is 12.3 Å². The van der Waals surface area contributed by atoms with Crippen molar-refractivity contribution < 1.29 is 15.0 Å². The van der Waals surface area contributed by atoms with Gasteiger partial charge in [-0.2, -0.15) is 0 Å². The van der Waals surface area contributed by atoms with E-state index in [-0.39, 0.29) is 5.56 Å². The van der Waals surface area contributed by atoms with E-state index in [4.69, 9.17) is 5.11 Å². The molecule has 0 spiro atoms. The Morgan fingerprint density at radius 3 is 2.20 bits per heavy atom. The minimum absolute atomic E-state index is 0.246. The summed E-state index contributed by atoms with van der Waals surface area (Å²) in [7, 11) is 0. The van der Waals surface area contributed by atoms with Crippen molar-refractivity contribution in [2.24, 2.45) is 5.92 Å². The fourth-order valence-corrected chi connectivity index (χ4v) is 1.43. The zero-order chi connectivity index (χ0) is 11.4. The number of aliphatic hydroxyl groups is 1. The highest BCUT2D eigenvalue weighted by Gasteiger charge is 2.10. The summed E-state index contributed by atoms with van der Waals surface area (Å²) in [4.78, 5) is 10.6. The summed E-state index contributed by atoms with van der Waals surface area (Å²) in [5.74, 6) is -0.529. The number of carbonyl (C=O) groups is 1. The predicted octanol–water partition coefficient (Wildman–Crippen LogP) is 2.46. The van der Waals surface area contributed by atoms with Gasteiger partial charge in [0.1, 0.15) is 0 Å². The van der Waals surface area contributed by atoms with E-state index in [1.807, 2.05) is 13.8 Å². The Labute approximate surface area is 89.4 Å². The highest BCUT2D eigenvalue weighted by atomic mass is 16.4. The van der Waals surface area contributed by atoms with Gasteiger partial charge in [-0.1, -0.05) is 26.0 Å². The summed E-state index contributed by atoms with van der Waals surface area (Å²) in [5, 5.41) is 18.5. The van der Waals surface area contributed by atoms with Gasteiger partial charge in [-0.05, 0) is 30.0 Å². The average molecular weight is 208 g/mol. The molecule has 0 heterocycles. The molecule has 15 heavy (non-hydrogen) atoms. The molecule has 0 unspecified atom stereocenters. The minimum atomic E-state index is -0.945. The van der Waals surface area contributed by atoms with E-state index in [1.54, 1.807) is 12.1 Å². The van der Waals surface area contributed by atoms with Gasteiger partial charge in [0, 0.05) is 0 Å². The van der Waals surface area contributed by atoms with Crippen LogP contribution in [0.4, 0.5) is 0 Å². The monoisotopic (exact) mass is 208 g/mol. The maximum atomic E-state index is 10.6. The summed E-state index contributed by atoms with van der Waals surface area (Å²) >= 11 is 0. The molecule has 0 aliphatic carbocycles. The number of aliphatic hydroxyl groups excluding tert-OH is 1. The summed E-state index contributed by atoms with van der Waals surface area (Å²) in [6.07, 6.45) is 0.180. The van der Waals surface area contributed by atoms with Crippen molar-refractivity contribution in [3.8, 4) is 0 Å². The normalized spacial score (nSPS) is 12.8. The van der Waals surface area contributed by atoms with Crippen LogP contribution in [0.1, 0.15) is 42.3 Å². The molecular formula is C12H16O3. The highest BCUT2D eigenvalue weighted by molar-refractivity contribution is 5.87. The van der Waals surface area contributed by atoms with Gasteiger partial charge in [0.2, 0.25) is 0 Å². The Bertz CT molecular complexity index is 327. The van der Waals surface area contributed by atoms with Crippen LogP contribution < -0.4 is 0 Å². The molecule has 0 amide bonds. The van der Waals surface area contributed by atoms with Crippen LogP contribution in [-0.2, 0) is 0 Å². The smallest absolute Gasteiger partial charge is 0.335 e. The third-order valence-corrected chi connectivity index (χ3v) is 2.24. The molecule has 0 aliphatic rings. The second kappa shape index (κ2) is 4.94. The van der Waals surface area contributed by atoms with Crippen molar-refractivity contribution in [2.75, 3.05) is 0 Å². The van der Waals surface area contributed by atoms with Crippen LogP contribution in [0.15, 0.2) is 24.3 Å². The Morgan fingerprint density at radius 1 is 1.27 bits per heavy atom. The van der Waals surface area contributed by atoms with Crippen LogP contribution >= 0.6 is 0 Å². The molecule has 1 atom stereocenters. The first-order chi connectivity index (χ1) is 7.00. The van der Waals surface area contributed by atoms with E-state index in [9.17, 15) is 9.90 Å². The molecule has 0 aliphatic heterocycles. The van der Waals surface area contributed by atoms with Gasteiger partial charge in [-0.15, -0.1) is 0 Å². The van der Waals surface area contributed by atoms with Gasteiger partial charge in [-0.3, -0.25) is 0 Å². The number of hydrogen-bond acceptors (Lipinski definition) is 2. The Balaban J connectivity index is 2.75. The van der Waals surface area contributed by atoms with Gasteiger partial charge in [-0.25, -0.2) is 4.79 Å². The third-order valence-electron chi connectivity index (χ3n) is 2.24. The van der Waals surface area contributed by atoms with Crippen LogP contribution in [0, 0.1) is 5.92 Å². The molecule has 0 saturated heterocycles. The third kappa shape index (κ3) is 3.36. The number of benzene rings is 1. The molecule has 0 radical (unpaired) electrons. The van der Waals surface area contributed by atoms with Crippen molar-refractivity contribution in [1.29, 1.82) is 0 Å². The standard InChI is InChI=1S/C12H16O3/c1-8(2)7-11(13)9-3-5-10(6-4-9)12(14)15/h3-6,8,11,13H,7H2,1-2H3,(H,14,15)/t11-/m1/s1. The largest absolute Gasteiger partial charge is 0.478 e. The molecule has 2 N–H and O–H groups in total. The van der Waals surface area contributed by atoms with E-state index in [2.05, 4.69) is 0 Å². The molecule has 0 fully saturated rings. The van der Waals surface area contributed by atoms with Crippen LogP contribution in [-0.4, -0.2) is 16.2 Å². The first-order valence-corrected chi connectivity index (χ1v) is 5.02. The van der Waals surface area contributed by atoms with Crippen LogP contribution in [0.3, 0.4) is 0 Å². The quantitative estimate of drug-likeness (QED) is 0.799.